The SMILES string of the molecule is CC/C=C\C/C=C\C/C=C\CCCCCCCCCC(=O)OC1CCC2(C)C(CCC3C2CCC2(C)C(C(C)CCC(=O)NCCS(=O)(=O)O)CCC32)C1. The van der Waals surface area contributed by atoms with E-state index in [4.69, 9.17) is 9.29 Å². The summed E-state index contributed by atoms with van der Waals surface area (Å²) in [5.74, 6) is 3.44. The molecule has 0 aromatic heterocycles. The Hall–Kier alpha value is -1.93. The number of nitrogens with one attached hydrogen (secondary N) is 1. The van der Waals surface area contributed by atoms with Gasteiger partial charge in [0.05, 0.1) is 5.75 Å². The molecule has 0 heterocycles. The van der Waals surface area contributed by atoms with Crippen LogP contribution in [-0.4, -0.2) is 43.2 Å². The molecule has 4 rings (SSSR count). The van der Waals surface area contributed by atoms with Crippen LogP contribution in [0.2, 0.25) is 0 Å². The van der Waals surface area contributed by atoms with E-state index in [2.05, 4.69) is 69.5 Å². The highest BCUT2D eigenvalue weighted by Gasteiger charge is 2.60. The number of hydrogen-bond donors (Lipinski definition) is 2. The first-order chi connectivity index (χ1) is 25.9. The van der Waals surface area contributed by atoms with Gasteiger partial charge in [0.1, 0.15) is 6.10 Å². The van der Waals surface area contributed by atoms with E-state index in [1.165, 1.54) is 83.5 Å². The number of carbonyl (C=O) groups is 2. The zero-order valence-corrected chi connectivity index (χ0v) is 35.4. The van der Waals surface area contributed by atoms with E-state index < -0.39 is 15.9 Å². The van der Waals surface area contributed by atoms with Gasteiger partial charge >= 0.3 is 5.97 Å². The number of amides is 1. The molecule has 2 N–H and O–H groups in total. The van der Waals surface area contributed by atoms with Gasteiger partial charge in [-0.3, -0.25) is 14.1 Å². The highest BCUT2D eigenvalue weighted by atomic mass is 32.2. The van der Waals surface area contributed by atoms with E-state index in [0.29, 0.717) is 41.4 Å². The van der Waals surface area contributed by atoms with Crippen LogP contribution in [0.25, 0.3) is 0 Å². The lowest BCUT2D eigenvalue weighted by molar-refractivity contribution is -0.162. The zero-order valence-electron chi connectivity index (χ0n) is 34.6. The van der Waals surface area contributed by atoms with Crippen molar-refractivity contribution >= 4 is 22.0 Å². The Morgan fingerprint density at radius 1 is 0.796 bits per heavy atom. The fourth-order valence-corrected chi connectivity index (χ4v) is 12.1. The number of esters is 1. The maximum absolute atomic E-state index is 12.9. The van der Waals surface area contributed by atoms with Crippen LogP contribution in [-0.2, 0) is 24.4 Å². The Kier molecular flexibility index (Phi) is 18.3. The second kappa shape index (κ2) is 22.1. The molecule has 0 spiro atoms. The summed E-state index contributed by atoms with van der Waals surface area (Å²) >= 11 is 0. The van der Waals surface area contributed by atoms with Gasteiger partial charge < -0.3 is 10.1 Å². The Morgan fingerprint density at radius 3 is 2.17 bits per heavy atom. The monoisotopic (exact) mass is 772 g/mol. The molecule has 0 bridgehead atoms. The van der Waals surface area contributed by atoms with Crippen LogP contribution in [0.4, 0.5) is 0 Å². The molecule has 0 saturated heterocycles. The summed E-state index contributed by atoms with van der Waals surface area (Å²) in [6, 6.07) is 0. The first kappa shape index (κ1) is 44.8. The van der Waals surface area contributed by atoms with Crippen molar-refractivity contribution in [3.05, 3.63) is 36.5 Å². The average molecular weight is 772 g/mol. The number of allylic oxidation sites excluding steroid dienone is 6. The van der Waals surface area contributed by atoms with E-state index in [1.54, 1.807) is 0 Å². The Bertz CT molecular complexity index is 1360. The normalized spacial score (nSPS) is 31.7. The number of unbranched alkanes of at least 4 members (excludes halogenated alkanes) is 7. The first-order valence-corrected chi connectivity index (χ1v) is 23.8. The molecule has 8 heteroatoms. The predicted molar refractivity (Wildman–Crippen MR) is 221 cm³/mol. The van der Waals surface area contributed by atoms with Gasteiger partial charge in [-0.1, -0.05) is 96.3 Å². The van der Waals surface area contributed by atoms with Gasteiger partial charge in [0, 0.05) is 19.4 Å². The third-order valence-electron chi connectivity index (χ3n) is 14.7. The highest BCUT2D eigenvalue weighted by Crippen LogP contribution is 2.68. The minimum absolute atomic E-state index is 0.0199. The van der Waals surface area contributed by atoms with Crippen LogP contribution in [0.5, 0.6) is 0 Å². The number of rotatable bonds is 23. The summed E-state index contributed by atoms with van der Waals surface area (Å²) in [6.07, 6.45) is 39.1. The van der Waals surface area contributed by atoms with Gasteiger partial charge in [-0.25, -0.2) is 0 Å². The molecule has 7 nitrogen and oxygen atoms in total. The highest BCUT2D eigenvalue weighted by molar-refractivity contribution is 7.85. The molecule has 308 valence electrons. The van der Waals surface area contributed by atoms with E-state index in [0.717, 1.165) is 69.1 Å². The summed E-state index contributed by atoms with van der Waals surface area (Å²) in [4.78, 5) is 25.3. The summed E-state index contributed by atoms with van der Waals surface area (Å²) in [5.41, 5.74) is 0.662. The van der Waals surface area contributed by atoms with Crippen LogP contribution < -0.4 is 5.32 Å². The third kappa shape index (κ3) is 13.3. The van der Waals surface area contributed by atoms with Crippen molar-refractivity contribution in [3.8, 4) is 0 Å². The van der Waals surface area contributed by atoms with E-state index in [1.807, 2.05) is 0 Å². The van der Waals surface area contributed by atoms with Gasteiger partial charge in [-0.2, -0.15) is 8.42 Å². The number of hydrogen-bond acceptors (Lipinski definition) is 5. The fraction of sp³-hybridized carbons (Fsp3) is 0.826. The lowest BCUT2D eigenvalue weighted by atomic mass is 9.44. The van der Waals surface area contributed by atoms with Gasteiger partial charge in [-0.05, 0) is 149 Å². The minimum atomic E-state index is -4.06. The van der Waals surface area contributed by atoms with Crippen molar-refractivity contribution in [3.63, 3.8) is 0 Å². The minimum Gasteiger partial charge on any atom is -0.462 e. The number of carbonyl (C=O) groups excluding carboxylic acids is 2. The quantitative estimate of drug-likeness (QED) is 0.0463. The van der Waals surface area contributed by atoms with Gasteiger partial charge in [0.25, 0.3) is 10.1 Å². The molecule has 54 heavy (non-hydrogen) atoms. The van der Waals surface area contributed by atoms with Crippen LogP contribution in [0, 0.1) is 46.3 Å². The lowest BCUT2D eigenvalue weighted by Crippen LogP contribution is -2.54. The van der Waals surface area contributed by atoms with Crippen LogP contribution in [0.3, 0.4) is 0 Å². The van der Waals surface area contributed by atoms with Crippen LogP contribution in [0.1, 0.15) is 175 Å². The smallest absolute Gasteiger partial charge is 0.306 e. The summed E-state index contributed by atoms with van der Waals surface area (Å²) in [5, 5.41) is 2.65. The molecular formula is C46H77NO6S. The number of fused-ring (bicyclic) bond motifs is 5. The zero-order chi connectivity index (χ0) is 39.0. The van der Waals surface area contributed by atoms with E-state index in [-0.39, 0.29) is 24.5 Å². The molecule has 1 amide bonds. The van der Waals surface area contributed by atoms with Crippen molar-refractivity contribution in [2.75, 3.05) is 12.3 Å². The van der Waals surface area contributed by atoms with E-state index >= 15 is 0 Å². The fourth-order valence-electron chi connectivity index (χ4n) is 11.8. The third-order valence-corrected chi connectivity index (χ3v) is 15.4. The van der Waals surface area contributed by atoms with Crippen molar-refractivity contribution in [1.82, 2.24) is 5.32 Å². The standard InChI is InChI=1S/C46H77NO6S/c1-5-6-7-8-9-10-11-12-13-14-15-16-17-18-19-20-21-22-44(49)53-38-29-31-45(3)37(35-38)24-25-39-41-27-26-40(46(41,4)32-30-42(39)45)36(2)23-28-43(48)47-33-34-54(50,51)52/h6-7,9-10,12-13,36-42H,5,8,11,14-35H2,1-4H3,(H,47,48)(H,50,51,52)/b7-6-,10-9-,13-12-. The molecule has 4 fully saturated rings. The summed E-state index contributed by atoms with van der Waals surface area (Å²) < 4.78 is 37.0. The van der Waals surface area contributed by atoms with Gasteiger partial charge in [0.15, 0.2) is 0 Å². The molecule has 4 aliphatic carbocycles. The van der Waals surface area contributed by atoms with Crippen molar-refractivity contribution in [1.29, 1.82) is 0 Å². The maximum Gasteiger partial charge on any atom is 0.306 e. The molecule has 0 aliphatic heterocycles. The molecule has 0 radical (unpaired) electrons. The van der Waals surface area contributed by atoms with Crippen molar-refractivity contribution in [2.24, 2.45) is 46.3 Å². The predicted octanol–water partition coefficient (Wildman–Crippen LogP) is 11.3. The van der Waals surface area contributed by atoms with Gasteiger partial charge in [-0.15, -0.1) is 0 Å². The van der Waals surface area contributed by atoms with Crippen molar-refractivity contribution < 1.29 is 27.3 Å². The van der Waals surface area contributed by atoms with Crippen LogP contribution in [0.15, 0.2) is 36.5 Å². The molecule has 0 aromatic rings. The Morgan fingerprint density at radius 2 is 1.44 bits per heavy atom. The molecule has 9 unspecified atom stereocenters. The Balaban J connectivity index is 1.09. The van der Waals surface area contributed by atoms with Crippen LogP contribution >= 0.6 is 0 Å². The molecule has 4 saturated carbocycles. The molecular weight excluding hydrogens is 695 g/mol. The topological polar surface area (TPSA) is 110 Å². The molecule has 4 aliphatic rings. The second-order valence-corrected chi connectivity index (χ2v) is 19.8. The Labute approximate surface area is 330 Å². The molecule has 0 aromatic carbocycles. The maximum atomic E-state index is 12.9. The molecule has 9 atom stereocenters. The van der Waals surface area contributed by atoms with Gasteiger partial charge in [0.2, 0.25) is 5.91 Å². The second-order valence-electron chi connectivity index (χ2n) is 18.2. The number of ether oxygens (including phenoxy) is 1. The summed E-state index contributed by atoms with van der Waals surface area (Å²) in [6.45, 7) is 9.56. The first-order valence-electron chi connectivity index (χ1n) is 22.2. The average Bonchev–Trinajstić information content (AvgIpc) is 3.49. The van der Waals surface area contributed by atoms with E-state index in [9.17, 15) is 18.0 Å². The summed E-state index contributed by atoms with van der Waals surface area (Å²) in [7, 11) is -4.06. The van der Waals surface area contributed by atoms with Crippen molar-refractivity contribution in [2.45, 2.75) is 181 Å². The largest absolute Gasteiger partial charge is 0.462 e. The lowest BCUT2D eigenvalue weighted by Gasteiger charge is -2.61.